The molecule has 0 atom stereocenters. The van der Waals surface area contributed by atoms with Crippen LogP contribution in [0.2, 0.25) is 0 Å². The van der Waals surface area contributed by atoms with Crippen molar-refractivity contribution in [1.82, 2.24) is 10.2 Å². The van der Waals surface area contributed by atoms with Gasteiger partial charge >= 0.3 is 18.0 Å². The topological polar surface area (TPSA) is 179 Å². The number of carbonyl (C=O) groups excluding carboxylic acids is 3. The molecule has 0 bridgehead atoms. The van der Waals surface area contributed by atoms with Crippen LogP contribution in [-0.4, -0.2) is 45.9 Å². The van der Waals surface area contributed by atoms with Gasteiger partial charge in [-0.15, -0.1) is 0 Å². The maximum Gasteiger partial charge on any atom is 0.373 e. The van der Waals surface area contributed by atoms with Crippen molar-refractivity contribution in [3.8, 4) is 5.75 Å². The van der Waals surface area contributed by atoms with Crippen molar-refractivity contribution < 1.29 is 43.1 Å². The highest BCUT2D eigenvalue weighted by molar-refractivity contribution is 6.14. The smallest absolute Gasteiger partial charge is 0.373 e. The van der Waals surface area contributed by atoms with Gasteiger partial charge in [0.1, 0.15) is 23.8 Å². The molecule has 2 N–H and O–H groups in total. The fourth-order valence-electron chi connectivity index (χ4n) is 3.55. The van der Waals surface area contributed by atoms with Crippen molar-refractivity contribution >= 4 is 35.6 Å². The van der Waals surface area contributed by atoms with E-state index in [4.69, 9.17) is 14.3 Å². The molecule has 1 aliphatic heterocycles. The lowest BCUT2D eigenvalue weighted by Crippen LogP contribution is -2.30. The van der Waals surface area contributed by atoms with Gasteiger partial charge in [0, 0.05) is 17.7 Å². The number of hydrogen-bond acceptors (Lipinski definition) is 9. The average molecular weight is 521 g/mol. The first-order valence-corrected chi connectivity index (χ1v) is 10.9. The summed E-state index contributed by atoms with van der Waals surface area (Å²) in [4.78, 5) is 59.7. The number of imide groups is 1. The van der Waals surface area contributed by atoms with E-state index in [1.807, 2.05) is 0 Å². The number of amides is 3. The third-order valence-corrected chi connectivity index (χ3v) is 5.40. The molecule has 1 fully saturated rings. The Morgan fingerprint density at radius 1 is 1.16 bits per heavy atom. The number of nitrogens with zero attached hydrogens (tertiary/aromatic N) is 2. The third-order valence-electron chi connectivity index (χ3n) is 5.40. The molecular weight excluding hydrogens is 502 g/mol. The number of ether oxygens (including phenoxy) is 2. The lowest BCUT2D eigenvalue weighted by Gasteiger charge is -2.11. The van der Waals surface area contributed by atoms with Gasteiger partial charge in [-0.2, -0.15) is 0 Å². The molecule has 4 rings (SSSR count). The number of aromatic carboxylic acids is 1. The van der Waals surface area contributed by atoms with E-state index in [2.05, 4.69) is 10.1 Å². The maximum absolute atomic E-state index is 12.9. The van der Waals surface area contributed by atoms with Crippen molar-refractivity contribution in [1.29, 1.82) is 0 Å². The number of carbonyl (C=O) groups is 4. The second-order valence-corrected chi connectivity index (χ2v) is 7.91. The number of nitro groups is 1. The SMILES string of the molecule is COC(=O)c1ccc(CN2C(=O)N/C(=C\c3cc([N+](=O)[O-])ccc3OCc3cccc(C(=O)O)c3)C2=O)o1. The Hall–Kier alpha value is -5.46. The van der Waals surface area contributed by atoms with Crippen LogP contribution >= 0.6 is 0 Å². The second-order valence-electron chi connectivity index (χ2n) is 7.91. The molecule has 1 aliphatic rings. The second kappa shape index (κ2) is 10.7. The minimum atomic E-state index is -1.11. The molecule has 194 valence electrons. The Morgan fingerprint density at radius 3 is 2.66 bits per heavy atom. The van der Waals surface area contributed by atoms with Gasteiger partial charge in [0.2, 0.25) is 5.76 Å². The zero-order chi connectivity index (χ0) is 27.4. The van der Waals surface area contributed by atoms with Gasteiger partial charge in [0.15, 0.2) is 0 Å². The number of non-ortho nitro benzene ring substituents is 1. The molecule has 0 aliphatic carbocycles. The number of hydrogen-bond donors (Lipinski definition) is 2. The lowest BCUT2D eigenvalue weighted by atomic mass is 10.1. The summed E-state index contributed by atoms with van der Waals surface area (Å²) in [6.07, 6.45) is 1.23. The van der Waals surface area contributed by atoms with E-state index in [1.165, 1.54) is 55.7 Å². The summed E-state index contributed by atoms with van der Waals surface area (Å²) in [6.45, 7) is -0.347. The number of carboxylic acids is 1. The Morgan fingerprint density at radius 2 is 1.95 bits per heavy atom. The van der Waals surface area contributed by atoms with Gasteiger partial charge in [0.25, 0.3) is 11.6 Å². The number of nitrogens with one attached hydrogen (secondary N) is 1. The van der Waals surface area contributed by atoms with Crippen LogP contribution in [-0.2, 0) is 22.7 Å². The van der Waals surface area contributed by atoms with Crippen molar-refractivity contribution in [3.05, 3.63) is 98.6 Å². The van der Waals surface area contributed by atoms with Crippen molar-refractivity contribution in [2.24, 2.45) is 0 Å². The number of urea groups is 1. The van der Waals surface area contributed by atoms with Crippen LogP contribution in [0.5, 0.6) is 5.75 Å². The molecule has 0 radical (unpaired) electrons. The van der Waals surface area contributed by atoms with Gasteiger partial charge in [-0.25, -0.2) is 14.4 Å². The number of rotatable bonds is 9. The van der Waals surface area contributed by atoms with E-state index in [0.29, 0.717) is 5.56 Å². The van der Waals surface area contributed by atoms with Gasteiger partial charge in [-0.05, 0) is 42.0 Å². The van der Waals surface area contributed by atoms with Crippen LogP contribution in [0.4, 0.5) is 10.5 Å². The van der Waals surface area contributed by atoms with Gasteiger partial charge < -0.3 is 24.3 Å². The molecule has 1 saturated heterocycles. The number of esters is 1. The zero-order valence-corrected chi connectivity index (χ0v) is 19.7. The molecular formula is C25H19N3O10. The van der Waals surface area contributed by atoms with Crippen molar-refractivity contribution in [2.75, 3.05) is 7.11 Å². The van der Waals surface area contributed by atoms with Crippen LogP contribution < -0.4 is 10.1 Å². The van der Waals surface area contributed by atoms with E-state index in [0.717, 1.165) is 4.90 Å². The predicted octanol–water partition coefficient (Wildman–Crippen LogP) is 3.34. The highest BCUT2D eigenvalue weighted by Crippen LogP contribution is 2.28. The van der Waals surface area contributed by atoms with E-state index in [1.54, 1.807) is 12.1 Å². The summed E-state index contributed by atoms with van der Waals surface area (Å²) < 4.78 is 15.6. The molecule has 2 heterocycles. The van der Waals surface area contributed by atoms with Gasteiger partial charge in [0.05, 0.1) is 24.1 Å². The minimum Gasteiger partial charge on any atom is -0.488 e. The first kappa shape index (κ1) is 25.6. The number of methoxy groups -OCH3 is 1. The molecule has 13 heteroatoms. The molecule has 13 nitrogen and oxygen atoms in total. The summed E-state index contributed by atoms with van der Waals surface area (Å²) in [5, 5.41) is 22.9. The molecule has 3 amide bonds. The molecule has 1 aromatic heterocycles. The fraction of sp³-hybridized carbons (Fsp3) is 0.120. The third kappa shape index (κ3) is 5.51. The van der Waals surface area contributed by atoms with E-state index < -0.39 is 28.8 Å². The minimum absolute atomic E-state index is 0.0618. The largest absolute Gasteiger partial charge is 0.488 e. The van der Waals surface area contributed by atoms with E-state index >= 15 is 0 Å². The van der Waals surface area contributed by atoms with Crippen LogP contribution in [0.1, 0.15) is 37.8 Å². The standard InChI is InChI=1S/C25H19N3O10/c1-36-24(32)21-8-6-18(38-21)12-27-22(29)19(26-25(27)33)11-16-10-17(28(34)35)5-7-20(16)37-13-14-3-2-4-15(9-14)23(30)31/h2-11H,12-13H2,1H3,(H,26,33)(H,30,31)/b19-11-. The number of furan rings is 1. The monoisotopic (exact) mass is 521 g/mol. The van der Waals surface area contributed by atoms with Crippen LogP contribution in [0.25, 0.3) is 6.08 Å². The summed E-state index contributed by atoms with van der Waals surface area (Å²) in [5.74, 6) is -2.36. The Bertz CT molecular complexity index is 1490. The molecule has 38 heavy (non-hydrogen) atoms. The first-order chi connectivity index (χ1) is 18.2. The lowest BCUT2D eigenvalue weighted by molar-refractivity contribution is -0.384. The first-order valence-electron chi connectivity index (χ1n) is 10.9. The molecule has 0 spiro atoms. The predicted molar refractivity (Wildman–Crippen MR) is 128 cm³/mol. The number of benzene rings is 2. The Balaban J connectivity index is 1.58. The zero-order valence-electron chi connectivity index (χ0n) is 19.7. The van der Waals surface area contributed by atoms with Gasteiger partial charge in [-0.3, -0.25) is 19.8 Å². The Kier molecular flexibility index (Phi) is 7.19. The van der Waals surface area contributed by atoms with Gasteiger partial charge in [-0.1, -0.05) is 12.1 Å². The summed E-state index contributed by atoms with van der Waals surface area (Å²) in [7, 11) is 1.18. The Labute approximate surface area is 214 Å². The summed E-state index contributed by atoms with van der Waals surface area (Å²) in [5.41, 5.74) is 0.268. The number of carboxylic acid groups (broad SMARTS) is 1. The molecule has 2 aromatic carbocycles. The highest BCUT2D eigenvalue weighted by atomic mass is 16.6. The van der Waals surface area contributed by atoms with Crippen LogP contribution in [0, 0.1) is 10.1 Å². The maximum atomic E-state index is 12.9. The van der Waals surface area contributed by atoms with E-state index in [-0.39, 0.29) is 52.9 Å². The highest BCUT2D eigenvalue weighted by Gasteiger charge is 2.34. The van der Waals surface area contributed by atoms with Crippen LogP contribution in [0.15, 0.2) is 64.7 Å². The normalized spacial score (nSPS) is 13.9. The molecule has 3 aromatic rings. The van der Waals surface area contributed by atoms with Crippen LogP contribution in [0.3, 0.4) is 0 Å². The number of nitro benzene ring substituents is 1. The van der Waals surface area contributed by atoms with E-state index in [9.17, 15) is 29.3 Å². The summed E-state index contributed by atoms with van der Waals surface area (Å²) >= 11 is 0. The van der Waals surface area contributed by atoms with Crippen molar-refractivity contribution in [2.45, 2.75) is 13.2 Å². The quantitative estimate of drug-likeness (QED) is 0.139. The fourth-order valence-corrected chi connectivity index (χ4v) is 3.55. The molecule has 0 saturated carbocycles. The average Bonchev–Trinajstić information content (AvgIpc) is 3.48. The summed E-state index contributed by atoms with van der Waals surface area (Å²) in [6, 6.07) is 11.8. The van der Waals surface area contributed by atoms with Crippen molar-refractivity contribution in [3.63, 3.8) is 0 Å². The molecule has 0 unspecified atom stereocenters.